The summed E-state index contributed by atoms with van der Waals surface area (Å²) in [5.74, 6) is 0.367. The molecule has 0 bridgehead atoms. The highest BCUT2D eigenvalue weighted by molar-refractivity contribution is 5.73. The van der Waals surface area contributed by atoms with Crippen LogP contribution in [0.4, 0.5) is 0 Å². The second kappa shape index (κ2) is 6.48. The molecule has 0 radical (unpaired) electrons. The van der Waals surface area contributed by atoms with Crippen molar-refractivity contribution in [2.45, 2.75) is 45.6 Å². The Labute approximate surface area is 136 Å². The first-order valence-electron chi connectivity index (χ1n) is 8.17. The molecule has 0 aliphatic carbocycles. The van der Waals surface area contributed by atoms with Gasteiger partial charge in [0.2, 0.25) is 5.91 Å². The lowest BCUT2D eigenvalue weighted by atomic mass is 9.92. The Morgan fingerprint density at radius 1 is 1.30 bits per heavy atom. The molecular weight excluding hydrogens is 290 g/mol. The van der Waals surface area contributed by atoms with Gasteiger partial charge in [0, 0.05) is 56.1 Å². The molecular formula is C17H23N5O. The van der Waals surface area contributed by atoms with E-state index in [2.05, 4.69) is 28.9 Å². The molecule has 0 N–H and O–H groups in total. The van der Waals surface area contributed by atoms with Crippen LogP contribution < -0.4 is 0 Å². The Morgan fingerprint density at radius 3 is 2.78 bits per heavy atom. The molecule has 3 rings (SSSR count). The van der Waals surface area contributed by atoms with Crippen molar-refractivity contribution in [3.8, 4) is 11.3 Å². The Balaban J connectivity index is 1.92. The maximum atomic E-state index is 11.7. The second-order valence-corrected chi connectivity index (χ2v) is 6.40. The topological polar surface area (TPSA) is 63.9 Å². The number of nitrogens with zero attached hydrogens (tertiary/aromatic N) is 5. The van der Waals surface area contributed by atoms with Gasteiger partial charge in [-0.2, -0.15) is 5.10 Å². The van der Waals surface area contributed by atoms with Crippen LogP contribution in [0.15, 0.2) is 24.8 Å². The Kier molecular flexibility index (Phi) is 4.41. The van der Waals surface area contributed by atoms with Gasteiger partial charge in [-0.25, -0.2) is 0 Å². The van der Waals surface area contributed by atoms with E-state index in [1.807, 2.05) is 22.0 Å². The molecule has 23 heavy (non-hydrogen) atoms. The zero-order chi connectivity index (χ0) is 16.4. The molecule has 6 nitrogen and oxygen atoms in total. The van der Waals surface area contributed by atoms with Crippen molar-refractivity contribution in [2.75, 3.05) is 13.1 Å². The van der Waals surface area contributed by atoms with Crippen LogP contribution >= 0.6 is 0 Å². The van der Waals surface area contributed by atoms with Crippen LogP contribution in [0.2, 0.25) is 0 Å². The van der Waals surface area contributed by atoms with Crippen molar-refractivity contribution in [1.29, 1.82) is 0 Å². The van der Waals surface area contributed by atoms with E-state index in [0.717, 1.165) is 42.9 Å². The summed E-state index contributed by atoms with van der Waals surface area (Å²) < 4.78 is 1.93. The first-order chi connectivity index (χ1) is 11.1. The van der Waals surface area contributed by atoms with E-state index in [0.29, 0.717) is 6.04 Å². The number of rotatable bonds is 3. The fourth-order valence-electron chi connectivity index (χ4n) is 3.10. The summed E-state index contributed by atoms with van der Waals surface area (Å²) >= 11 is 0. The van der Waals surface area contributed by atoms with Gasteiger partial charge >= 0.3 is 0 Å². The van der Waals surface area contributed by atoms with Gasteiger partial charge in [-0.3, -0.25) is 19.4 Å². The Morgan fingerprint density at radius 2 is 2.09 bits per heavy atom. The molecule has 0 spiro atoms. The molecule has 2 aromatic rings. The summed E-state index contributed by atoms with van der Waals surface area (Å²) in [6.07, 6.45) is 9.36. The van der Waals surface area contributed by atoms with Crippen LogP contribution in [0.1, 0.15) is 51.3 Å². The van der Waals surface area contributed by atoms with E-state index in [4.69, 9.17) is 0 Å². The molecule has 0 unspecified atom stereocenters. The van der Waals surface area contributed by atoms with E-state index >= 15 is 0 Å². The van der Waals surface area contributed by atoms with Crippen LogP contribution in [-0.4, -0.2) is 43.6 Å². The van der Waals surface area contributed by atoms with Gasteiger partial charge < -0.3 is 4.90 Å². The minimum Gasteiger partial charge on any atom is -0.342 e. The first kappa shape index (κ1) is 15.6. The number of amides is 1. The van der Waals surface area contributed by atoms with Gasteiger partial charge in [0.1, 0.15) is 0 Å². The van der Waals surface area contributed by atoms with Crippen molar-refractivity contribution in [2.24, 2.45) is 0 Å². The summed E-state index contributed by atoms with van der Waals surface area (Å²) in [5.41, 5.74) is 2.85. The average Bonchev–Trinajstić information content (AvgIpc) is 3.05. The number of aromatic nitrogens is 4. The van der Waals surface area contributed by atoms with Crippen LogP contribution in [0.3, 0.4) is 0 Å². The summed E-state index contributed by atoms with van der Waals surface area (Å²) in [4.78, 5) is 22.7. The normalized spacial score (nSPS) is 18.4. The largest absolute Gasteiger partial charge is 0.342 e. The lowest BCUT2D eigenvalue weighted by Gasteiger charge is -2.32. The van der Waals surface area contributed by atoms with E-state index in [9.17, 15) is 4.79 Å². The number of carbonyl (C=O) groups is 1. The van der Waals surface area contributed by atoms with Crippen LogP contribution in [0.5, 0.6) is 0 Å². The van der Waals surface area contributed by atoms with Crippen molar-refractivity contribution < 1.29 is 4.79 Å². The molecule has 3 heterocycles. The molecule has 1 saturated heterocycles. The SMILES string of the molecule is CC(=O)N1CCC[C@@H](c2nccnc2-c2cnn(C(C)C)c2)C1. The molecule has 1 aliphatic heterocycles. The maximum Gasteiger partial charge on any atom is 0.219 e. The molecule has 6 heteroatoms. The number of piperidine rings is 1. The van der Waals surface area contributed by atoms with Crippen LogP contribution in [0.25, 0.3) is 11.3 Å². The van der Waals surface area contributed by atoms with Gasteiger partial charge in [-0.05, 0) is 26.7 Å². The van der Waals surface area contributed by atoms with Gasteiger partial charge in [0.05, 0.1) is 17.6 Å². The lowest BCUT2D eigenvalue weighted by molar-refractivity contribution is -0.130. The molecule has 1 aliphatic rings. The number of hydrogen-bond donors (Lipinski definition) is 0. The average molecular weight is 313 g/mol. The zero-order valence-electron chi connectivity index (χ0n) is 13.9. The van der Waals surface area contributed by atoms with Crippen LogP contribution in [-0.2, 0) is 4.79 Å². The first-order valence-corrected chi connectivity index (χ1v) is 8.17. The smallest absolute Gasteiger partial charge is 0.219 e. The summed E-state index contributed by atoms with van der Waals surface area (Å²) in [6, 6.07) is 0.312. The highest BCUT2D eigenvalue weighted by Gasteiger charge is 2.26. The Bertz CT molecular complexity index is 694. The third-order valence-corrected chi connectivity index (χ3v) is 4.38. The van der Waals surface area contributed by atoms with E-state index in [1.165, 1.54) is 0 Å². The molecule has 2 aromatic heterocycles. The quantitative estimate of drug-likeness (QED) is 0.874. The van der Waals surface area contributed by atoms with Crippen molar-refractivity contribution in [1.82, 2.24) is 24.6 Å². The minimum absolute atomic E-state index is 0.132. The van der Waals surface area contributed by atoms with Crippen molar-refractivity contribution >= 4 is 5.91 Å². The predicted octanol–water partition coefficient (Wildman–Crippen LogP) is 2.65. The molecule has 0 aromatic carbocycles. The third kappa shape index (κ3) is 3.25. The van der Waals surface area contributed by atoms with Gasteiger partial charge in [-0.1, -0.05) is 0 Å². The summed E-state index contributed by atoms with van der Waals surface area (Å²) in [6.45, 7) is 7.39. The van der Waals surface area contributed by atoms with E-state index in [-0.39, 0.29) is 11.8 Å². The number of carbonyl (C=O) groups excluding carboxylic acids is 1. The standard InChI is InChI=1S/C17H23N5O/c1-12(2)22-11-15(9-20-22)17-16(18-6-7-19-17)14-5-4-8-21(10-14)13(3)23/h6-7,9,11-12,14H,4-5,8,10H2,1-3H3/t14-/m1/s1. The van der Waals surface area contributed by atoms with E-state index in [1.54, 1.807) is 19.3 Å². The summed E-state index contributed by atoms with van der Waals surface area (Å²) in [7, 11) is 0. The molecule has 0 saturated carbocycles. The zero-order valence-corrected chi connectivity index (χ0v) is 13.9. The highest BCUT2D eigenvalue weighted by Crippen LogP contribution is 2.31. The van der Waals surface area contributed by atoms with E-state index < -0.39 is 0 Å². The fraction of sp³-hybridized carbons (Fsp3) is 0.529. The summed E-state index contributed by atoms with van der Waals surface area (Å²) in [5, 5.41) is 4.41. The van der Waals surface area contributed by atoms with Crippen molar-refractivity contribution in [3.63, 3.8) is 0 Å². The lowest BCUT2D eigenvalue weighted by Crippen LogP contribution is -2.38. The van der Waals surface area contributed by atoms with Crippen molar-refractivity contribution in [3.05, 3.63) is 30.5 Å². The van der Waals surface area contributed by atoms with Gasteiger partial charge in [-0.15, -0.1) is 0 Å². The number of likely N-dealkylation sites (tertiary alicyclic amines) is 1. The predicted molar refractivity (Wildman–Crippen MR) is 87.9 cm³/mol. The Hall–Kier alpha value is -2.24. The van der Waals surface area contributed by atoms with Gasteiger partial charge in [0.15, 0.2) is 0 Å². The third-order valence-electron chi connectivity index (χ3n) is 4.38. The maximum absolute atomic E-state index is 11.7. The molecule has 1 amide bonds. The molecule has 1 atom stereocenters. The number of hydrogen-bond acceptors (Lipinski definition) is 4. The van der Waals surface area contributed by atoms with Gasteiger partial charge in [0.25, 0.3) is 0 Å². The second-order valence-electron chi connectivity index (χ2n) is 6.40. The fourth-order valence-corrected chi connectivity index (χ4v) is 3.10. The molecule has 1 fully saturated rings. The monoisotopic (exact) mass is 313 g/mol. The molecule has 122 valence electrons. The highest BCUT2D eigenvalue weighted by atomic mass is 16.2. The minimum atomic E-state index is 0.132. The van der Waals surface area contributed by atoms with Crippen LogP contribution in [0, 0.1) is 0 Å².